The highest BCUT2D eigenvalue weighted by Gasteiger charge is 2.48. The van der Waals surface area contributed by atoms with Crippen LogP contribution >= 0.6 is 22.7 Å². The monoisotopic (exact) mass is 1330 g/mol. The minimum atomic E-state index is -1.25. The quantitative estimate of drug-likeness (QED) is 0.0184. The van der Waals surface area contributed by atoms with Crippen LogP contribution in [-0.2, 0) is 54.3 Å². The third-order valence-corrected chi connectivity index (χ3v) is 21.3. The lowest BCUT2D eigenvalue weighted by Crippen LogP contribution is -2.30. The topological polar surface area (TPSA) is 126 Å². The number of rotatable bonds is 30. The van der Waals surface area contributed by atoms with Crippen LogP contribution in [0.2, 0.25) is 0 Å². The SMILES string of the molecule is CCCOCCOCCOOc1ccc(C2(c3ccc(OCCOCCOCCOC)c(C(=O)OCC)c3)c3cc(-c4ccc(-c5ccc6c(c5)C(C)(C)c5ccccc5-6)s4)ccc3-c3ccc(-c4ccc(-c5ccc6c(c5)C(C)(C)c5ccccc5-6)s4)cc32)cc1C(=O)OCC. The van der Waals surface area contributed by atoms with E-state index in [-0.39, 0.29) is 67.3 Å². The van der Waals surface area contributed by atoms with Crippen molar-refractivity contribution in [2.45, 2.75) is 71.1 Å². The number of hydrogen-bond acceptors (Lipinski definition) is 14. The average molecular weight is 1340 g/mol. The summed E-state index contributed by atoms with van der Waals surface area (Å²) < 4.78 is 46.2. The lowest BCUT2D eigenvalue weighted by Gasteiger charge is -2.35. The molecule has 0 atom stereocenters. The molecule has 0 aliphatic heterocycles. The molecule has 8 aromatic carbocycles. The normalized spacial score (nSPS) is 13.9. The molecule has 498 valence electrons. The molecule has 2 heterocycles. The summed E-state index contributed by atoms with van der Waals surface area (Å²) >= 11 is 3.50. The molecule has 0 bridgehead atoms. The van der Waals surface area contributed by atoms with Gasteiger partial charge in [0, 0.05) is 44.1 Å². The van der Waals surface area contributed by atoms with Crippen molar-refractivity contribution in [2.24, 2.45) is 0 Å². The van der Waals surface area contributed by atoms with Crippen molar-refractivity contribution in [1.82, 2.24) is 0 Å². The van der Waals surface area contributed by atoms with Crippen molar-refractivity contribution >= 4 is 34.6 Å². The summed E-state index contributed by atoms with van der Waals surface area (Å²) in [5.41, 5.74) is 18.8. The Morgan fingerprint density at radius 3 is 1.21 bits per heavy atom. The lowest BCUT2D eigenvalue weighted by molar-refractivity contribution is -0.215. The maximum Gasteiger partial charge on any atom is 0.342 e. The Balaban J connectivity index is 0.960. The van der Waals surface area contributed by atoms with Crippen LogP contribution in [-0.4, -0.2) is 105 Å². The van der Waals surface area contributed by atoms with Gasteiger partial charge in [-0.05, 0) is 193 Å². The highest BCUT2D eigenvalue weighted by Crippen LogP contribution is 2.60. The molecule has 0 spiro atoms. The second-order valence-corrected chi connectivity index (χ2v) is 27.7. The van der Waals surface area contributed by atoms with Crippen LogP contribution in [0.25, 0.3) is 75.1 Å². The molecular formula is C83H82O12S2. The maximum absolute atomic E-state index is 14.7. The second kappa shape index (κ2) is 29.3. The Hall–Kier alpha value is -8.54. The summed E-state index contributed by atoms with van der Waals surface area (Å²) in [6.07, 6.45) is 0.921. The molecule has 2 aromatic heterocycles. The van der Waals surface area contributed by atoms with E-state index in [0.29, 0.717) is 57.6 Å². The van der Waals surface area contributed by atoms with Gasteiger partial charge in [0.25, 0.3) is 0 Å². The van der Waals surface area contributed by atoms with E-state index in [4.69, 9.17) is 47.7 Å². The zero-order valence-electron chi connectivity index (χ0n) is 56.4. The zero-order chi connectivity index (χ0) is 67.3. The van der Waals surface area contributed by atoms with Crippen LogP contribution in [0.5, 0.6) is 11.5 Å². The van der Waals surface area contributed by atoms with Gasteiger partial charge in [-0.2, -0.15) is 4.89 Å². The number of methoxy groups -OCH3 is 1. The fraction of sp³-hybridized carbons (Fsp3) is 0.301. The van der Waals surface area contributed by atoms with Gasteiger partial charge in [-0.3, -0.25) is 0 Å². The van der Waals surface area contributed by atoms with E-state index in [9.17, 15) is 9.59 Å². The Morgan fingerprint density at radius 1 is 0.371 bits per heavy atom. The molecule has 0 fully saturated rings. The summed E-state index contributed by atoms with van der Waals surface area (Å²) in [6, 6.07) is 65.0. The third kappa shape index (κ3) is 13.0. The molecule has 0 unspecified atom stereocenters. The first-order chi connectivity index (χ1) is 47.3. The summed E-state index contributed by atoms with van der Waals surface area (Å²) in [5.74, 6) is -0.654. The molecule has 0 saturated carbocycles. The highest BCUT2D eigenvalue weighted by molar-refractivity contribution is 7.19. The van der Waals surface area contributed by atoms with Gasteiger partial charge in [0.05, 0.1) is 71.5 Å². The van der Waals surface area contributed by atoms with Gasteiger partial charge in [-0.1, -0.05) is 144 Å². The van der Waals surface area contributed by atoms with E-state index in [2.05, 4.69) is 180 Å². The van der Waals surface area contributed by atoms with E-state index >= 15 is 0 Å². The first-order valence-corrected chi connectivity index (χ1v) is 35.3. The van der Waals surface area contributed by atoms with Crippen LogP contribution in [0.15, 0.2) is 182 Å². The summed E-state index contributed by atoms with van der Waals surface area (Å²) in [5, 5.41) is 0. The van der Waals surface area contributed by atoms with Crippen molar-refractivity contribution in [3.8, 4) is 86.6 Å². The van der Waals surface area contributed by atoms with Crippen molar-refractivity contribution in [3.63, 3.8) is 0 Å². The van der Waals surface area contributed by atoms with Gasteiger partial charge in [-0.25, -0.2) is 9.59 Å². The van der Waals surface area contributed by atoms with Gasteiger partial charge in [0.1, 0.15) is 30.1 Å². The van der Waals surface area contributed by atoms with Crippen molar-refractivity contribution in [3.05, 3.63) is 238 Å². The number of thiophene rings is 2. The summed E-state index contributed by atoms with van der Waals surface area (Å²) in [7, 11) is 1.64. The van der Waals surface area contributed by atoms with Gasteiger partial charge in [-0.15, -0.1) is 22.7 Å². The number of fused-ring (bicyclic) bond motifs is 9. The standard InChI is InChI=1S/C83H82O12S2/c1-9-36-87-39-40-90-44-46-94-95-74-31-25-58(52-66(74)80(85)92-11-3)83(57-24-30-73(65(51-57)79(84)91-10-2)93-45-43-89-42-41-88-38-37-86-8)71-49-55(77-34-32-75(96-77)53-20-26-61-59-16-12-14-18-67(59)81(4,5)69(61)47-53)22-28-63(71)64-29-23-56(50-72(64)83)78-35-33-76(97-78)54-21-27-62-60-17-13-15-19-68(60)82(6,7)70(62)48-54/h12-35,47-52H,9-11,36-46H2,1-8H3. The molecule has 0 amide bonds. The molecule has 14 heteroatoms. The maximum atomic E-state index is 14.7. The van der Waals surface area contributed by atoms with Crippen molar-refractivity contribution < 1.29 is 57.3 Å². The molecular weight excluding hydrogens is 1250 g/mol. The Morgan fingerprint density at radius 2 is 0.753 bits per heavy atom. The first-order valence-electron chi connectivity index (χ1n) is 33.6. The molecule has 0 radical (unpaired) electrons. The molecule has 0 saturated heterocycles. The summed E-state index contributed by atoms with van der Waals surface area (Å²) in [4.78, 5) is 45.6. The Kier molecular flexibility index (Phi) is 20.2. The van der Waals surface area contributed by atoms with Crippen molar-refractivity contribution in [2.75, 3.05) is 93.0 Å². The Bertz CT molecular complexity index is 4230. The minimum Gasteiger partial charge on any atom is -0.490 e. The number of carbonyl (C=O) groups is 2. The fourth-order valence-corrected chi connectivity index (χ4v) is 16.2. The van der Waals surface area contributed by atoms with Gasteiger partial charge < -0.3 is 42.8 Å². The third-order valence-electron chi connectivity index (χ3n) is 18.9. The molecule has 3 aliphatic carbocycles. The zero-order valence-corrected chi connectivity index (χ0v) is 58.1. The fourth-order valence-electron chi connectivity index (χ4n) is 14.2. The first kappa shape index (κ1) is 67.0. The molecule has 3 aliphatic rings. The van der Waals surface area contributed by atoms with E-state index in [1.54, 1.807) is 49.7 Å². The summed E-state index contributed by atoms with van der Waals surface area (Å²) in [6.45, 7) is 19.1. The smallest absolute Gasteiger partial charge is 0.342 e. The van der Waals surface area contributed by atoms with E-state index in [1.165, 1.54) is 44.5 Å². The van der Waals surface area contributed by atoms with Gasteiger partial charge in [0.15, 0.2) is 5.75 Å². The number of benzene rings is 8. The van der Waals surface area contributed by atoms with Gasteiger partial charge >= 0.3 is 11.9 Å². The van der Waals surface area contributed by atoms with Crippen LogP contribution in [0, 0.1) is 0 Å². The van der Waals surface area contributed by atoms with E-state index in [1.807, 2.05) is 30.3 Å². The molecule has 10 aromatic rings. The second-order valence-electron chi connectivity index (χ2n) is 25.5. The van der Waals surface area contributed by atoms with E-state index in [0.717, 1.165) is 76.0 Å². The van der Waals surface area contributed by atoms with Crippen LogP contribution in [0.4, 0.5) is 0 Å². The molecule has 12 nitrogen and oxygen atoms in total. The molecule has 0 N–H and O–H groups in total. The Labute approximate surface area is 576 Å². The van der Waals surface area contributed by atoms with Crippen LogP contribution in [0.3, 0.4) is 0 Å². The minimum absolute atomic E-state index is 0.0842. The van der Waals surface area contributed by atoms with Crippen molar-refractivity contribution in [1.29, 1.82) is 0 Å². The largest absolute Gasteiger partial charge is 0.490 e. The number of hydrogen-bond donors (Lipinski definition) is 0. The average Bonchev–Trinajstić information content (AvgIpc) is 1.56. The molecule has 97 heavy (non-hydrogen) atoms. The van der Waals surface area contributed by atoms with Crippen LogP contribution in [0.1, 0.15) is 120 Å². The predicted molar refractivity (Wildman–Crippen MR) is 386 cm³/mol. The number of esters is 2. The van der Waals surface area contributed by atoms with Gasteiger partial charge in [0.2, 0.25) is 0 Å². The predicted octanol–water partition coefficient (Wildman–Crippen LogP) is 18.6. The highest BCUT2D eigenvalue weighted by atomic mass is 32.1. The number of ether oxygens (including phenoxy) is 8. The van der Waals surface area contributed by atoms with E-state index < -0.39 is 17.4 Å². The lowest BCUT2D eigenvalue weighted by atomic mass is 9.66. The molecule has 13 rings (SSSR count). The number of carbonyl (C=O) groups excluding carboxylic acids is 2. The van der Waals surface area contributed by atoms with Crippen LogP contribution < -0.4 is 9.62 Å².